The van der Waals surface area contributed by atoms with Crippen LogP contribution in [0.4, 0.5) is 0 Å². The zero-order chi connectivity index (χ0) is 23.4. The third kappa shape index (κ3) is 5.74. The number of carbonyl (C=O) groups is 1. The monoisotopic (exact) mass is 440 g/mol. The fourth-order valence-electron chi connectivity index (χ4n) is 4.89. The van der Waals surface area contributed by atoms with Crippen molar-refractivity contribution in [2.24, 2.45) is 17.8 Å². The molecule has 0 aliphatic carbocycles. The zero-order valence-corrected chi connectivity index (χ0v) is 20.9. The Hall–Kier alpha value is -2.27. The molecular weight excluding hydrogens is 400 g/mol. The maximum absolute atomic E-state index is 13.0. The van der Waals surface area contributed by atoms with Gasteiger partial charge in [0.05, 0.1) is 13.7 Å². The van der Waals surface area contributed by atoms with Gasteiger partial charge in [0.1, 0.15) is 17.3 Å². The third-order valence-electron chi connectivity index (χ3n) is 6.50. The summed E-state index contributed by atoms with van der Waals surface area (Å²) in [5.41, 5.74) is 2.43. The van der Waals surface area contributed by atoms with Crippen LogP contribution in [0.3, 0.4) is 0 Å². The number of amides is 1. The highest BCUT2D eigenvalue weighted by atomic mass is 16.5. The van der Waals surface area contributed by atoms with Crippen molar-refractivity contribution in [3.63, 3.8) is 0 Å². The molecule has 1 aromatic heterocycles. The smallest absolute Gasteiger partial charge is 0.225 e. The van der Waals surface area contributed by atoms with Gasteiger partial charge < -0.3 is 14.1 Å². The molecule has 176 valence electrons. The van der Waals surface area contributed by atoms with E-state index in [1.807, 2.05) is 32.9 Å². The van der Waals surface area contributed by atoms with Crippen LogP contribution in [-0.4, -0.2) is 49.0 Å². The highest BCUT2D eigenvalue weighted by molar-refractivity contribution is 5.78. The van der Waals surface area contributed by atoms with Gasteiger partial charge in [-0.25, -0.2) is 0 Å². The number of nitrogens with zero attached hydrogens (tertiary/aromatic N) is 2. The Bertz CT molecular complexity index is 883. The summed E-state index contributed by atoms with van der Waals surface area (Å²) in [7, 11) is 1.74. The minimum atomic E-state index is 0.00466. The first-order chi connectivity index (χ1) is 15.2. The van der Waals surface area contributed by atoms with Crippen LogP contribution < -0.4 is 4.74 Å². The van der Waals surface area contributed by atoms with Crippen molar-refractivity contribution in [3.05, 3.63) is 53.0 Å². The molecule has 0 saturated carbocycles. The lowest BCUT2D eigenvalue weighted by molar-refractivity contribution is -0.135. The topological polar surface area (TPSA) is 45.9 Å². The van der Waals surface area contributed by atoms with E-state index < -0.39 is 0 Å². The number of carbonyl (C=O) groups excluding carboxylic acids is 1. The molecule has 5 nitrogen and oxygen atoms in total. The normalized spacial score (nSPS) is 19.2. The molecule has 5 heteroatoms. The van der Waals surface area contributed by atoms with Crippen LogP contribution in [0.25, 0.3) is 0 Å². The van der Waals surface area contributed by atoms with Gasteiger partial charge in [-0.1, -0.05) is 45.9 Å². The minimum Gasteiger partial charge on any atom is -0.496 e. The second kappa shape index (κ2) is 10.6. The third-order valence-corrected chi connectivity index (χ3v) is 6.50. The summed E-state index contributed by atoms with van der Waals surface area (Å²) >= 11 is 0. The average molecular weight is 441 g/mol. The summed E-state index contributed by atoms with van der Waals surface area (Å²) in [5, 5.41) is 0. The van der Waals surface area contributed by atoms with E-state index in [1.165, 1.54) is 11.1 Å². The molecule has 32 heavy (non-hydrogen) atoms. The number of furan rings is 1. The van der Waals surface area contributed by atoms with Crippen molar-refractivity contribution < 1.29 is 13.9 Å². The predicted molar refractivity (Wildman–Crippen MR) is 129 cm³/mol. The maximum Gasteiger partial charge on any atom is 0.225 e. The van der Waals surface area contributed by atoms with Gasteiger partial charge in [0, 0.05) is 38.0 Å². The molecule has 1 fully saturated rings. The Morgan fingerprint density at radius 1 is 1.19 bits per heavy atom. The van der Waals surface area contributed by atoms with Gasteiger partial charge in [-0.15, -0.1) is 0 Å². The van der Waals surface area contributed by atoms with Gasteiger partial charge in [0.15, 0.2) is 0 Å². The van der Waals surface area contributed by atoms with E-state index >= 15 is 0 Å². The fraction of sp³-hybridized carbons (Fsp3) is 0.593. The average Bonchev–Trinajstić information content (AvgIpc) is 3.28. The van der Waals surface area contributed by atoms with Crippen molar-refractivity contribution in [3.8, 4) is 5.75 Å². The van der Waals surface area contributed by atoms with Gasteiger partial charge >= 0.3 is 0 Å². The first kappa shape index (κ1) is 24.4. The summed E-state index contributed by atoms with van der Waals surface area (Å²) in [6, 6.07) is 10.5. The number of benzene rings is 1. The highest BCUT2D eigenvalue weighted by Crippen LogP contribution is 2.38. The number of rotatable bonds is 9. The second-order valence-electron chi connectivity index (χ2n) is 10.0. The van der Waals surface area contributed by atoms with Crippen molar-refractivity contribution in [2.45, 2.75) is 54.0 Å². The number of para-hydroxylation sites is 1. The Balaban J connectivity index is 1.87. The molecule has 1 aliphatic rings. The van der Waals surface area contributed by atoms with Crippen LogP contribution in [0.2, 0.25) is 0 Å². The second-order valence-corrected chi connectivity index (χ2v) is 10.0. The van der Waals surface area contributed by atoms with Crippen LogP contribution in [0.15, 0.2) is 34.7 Å². The summed E-state index contributed by atoms with van der Waals surface area (Å²) in [6.07, 6.45) is 0. The Labute approximate surface area is 193 Å². The lowest BCUT2D eigenvalue weighted by Crippen LogP contribution is -2.41. The largest absolute Gasteiger partial charge is 0.496 e. The number of hydrogen-bond acceptors (Lipinski definition) is 4. The Morgan fingerprint density at radius 2 is 1.91 bits per heavy atom. The number of ether oxygens (including phenoxy) is 1. The quantitative estimate of drug-likeness (QED) is 0.533. The molecule has 2 unspecified atom stereocenters. The molecule has 2 aromatic rings. The van der Waals surface area contributed by atoms with Gasteiger partial charge in [0.2, 0.25) is 5.91 Å². The Kier molecular flexibility index (Phi) is 8.05. The summed E-state index contributed by atoms with van der Waals surface area (Å²) < 4.78 is 11.7. The molecule has 2 atom stereocenters. The van der Waals surface area contributed by atoms with Gasteiger partial charge in [-0.05, 0) is 48.9 Å². The fourth-order valence-corrected chi connectivity index (χ4v) is 4.89. The number of aryl methyl sites for hydroxylation is 2. The van der Waals surface area contributed by atoms with Crippen molar-refractivity contribution in [2.75, 3.05) is 33.3 Å². The highest BCUT2D eigenvalue weighted by Gasteiger charge is 2.37. The van der Waals surface area contributed by atoms with Crippen molar-refractivity contribution in [1.29, 1.82) is 0 Å². The van der Waals surface area contributed by atoms with E-state index in [0.717, 1.165) is 50.0 Å². The van der Waals surface area contributed by atoms with Gasteiger partial charge in [0.25, 0.3) is 0 Å². The van der Waals surface area contributed by atoms with Crippen molar-refractivity contribution in [1.82, 2.24) is 9.80 Å². The van der Waals surface area contributed by atoms with E-state index in [9.17, 15) is 4.79 Å². The lowest BCUT2D eigenvalue weighted by Gasteiger charge is -2.31. The van der Waals surface area contributed by atoms with E-state index in [0.29, 0.717) is 17.8 Å². The zero-order valence-electron chi connectivity index (χ0n) is 20.9. The van der Waals surface area contributed by atoms with Gasteiger partial charge in [-0.3, -0.25) is 9.69 Å². The first-order valence-electron chi connectivity index (χ1n) is 11.9. The van der Waals surface area contributed by atoms with E-state index in [2.05, 4.69) is 48.8 Å². The molecule has 0 N–H and O–H groups in total. The molecule has 3 rings (SSSR count). The summed E-state index contributed by atoms with van der Waals surface area (Å²) in [6.45, 7) is 16.7. The van der Waals surface area contributed by atoms with Crippen LogP contribution in [-0.2, 0) is 11.3 Å². The first-order valence-corrected chi connectivity index (χ1v) is 11.9. The molecule has 2 heterocycles. The van der Waals surface area contributed by atoms with Crippen LogP contribution in [0.5, 0.6) is 5.75 Å². The molecule has 0 bridgehead atoms. The van der Waals surface area contributed by atoms with E-state index in [4.69, 9.17) is 9.15 Å². The predicted octanol–water partition coefficient (Wildman–Crippen LogP) is 5.26. The number of methoxy groups -OCH3 is 1. The molecule has 1 saturated heterocycles. The summed E-state index contributed by atoms with van der Waals surface area (Å²) in [5.74, 6) is 4.26. The molecule has 1 amide bonds. The Morgan fingerprint density at radius 3 is 2.50 bits per heavy atom. The molecule has 0 radical (unpaired) electrons. The standard InChI is InChI=1S/C27H40N2O3/c1-18(2)13-29(27(30)19(3)4)15-22-14-28(16-23-12-20(5)21(6)32-23)17-25(22)24-10-8-9-11-26(24)31-7/h8-12,18-19,22,25H,13-17H2,1-7H3. The molecule has 1 aromatic carbocycles. The lowest BCUT2D eigenvalue weighted by atomic mass is 9.87. The number of likely N-dealkylation sites (tertiary alicyclic amines) is 1. The number of hydrogen-bond donors (Lipinski definition) is 0. The SMILES string of the molecule is COc1ccccc1C1CN(Cc2cc(C)c(C)o2)CC1CN(CC(C)C)C(=O)C(C)C. The molecular formula is C27H40N2O3. The van der Waals surface area contributed by atoms with Crippen LogP contribution in [0.1, 0.15) is 56.3 Å². The minimum absolute atomic E-state index is 0.00466. The van der Waals surface area contributed by atoms with Crippen LogP contribution >= 0.6 is 0 Å². The molecule has 0 spiro atoms. The van der Waals surface area contributed by atoms with Gasteiger partial charge in [-0.2, -0.15) is 0 Å². The van der Waals surface area contributed by atoms with Crippen molar-refractivity contribution >= 4 is 5.91 Å². The summed E-state index contributed by atoms with van der Waals surface area (Å²) in [4.78, 5) is 17.6. The van der Waals surface area contributed by atoms with Crippen LogP contribution in [0, 0.1) is 31.6 Å². The van der Waals surface area contributed by atoms with E-state index in [1.54, 1.807) is 7.11 Å². The van der Waals surface area contributed by atoms with E-state index in [-0.39, 0.29) is 11.8 Å². The maximum atomic E-state index is 13.0. The molecule has 1 aliphatic heterocycles.